The molecule has 10 heteroatoms. The highest BCUT2D eigenvalue weighted by Crippen LogP contribution is 2.12. The van der Waals surface area contributed by atoms with E-state index in [2.05, 4.69) is 26.0 Å². The fourth-order valence-electron chi connectivity index (χ4n) is 2.48. The normalized spacial score (nSPS) is 17.2. The van der Waals surface area contributed by atoms with E-state index in [1.54, 1.807) is 6.07 Å². The Labute approximate surface area is 147 Å². The van der Waals surface area contributed by atoms with Crippen molar-refractivity contribution in [1.29, 1.82) is 0 Å². The van der Waals surface area contributed by atoms with Gasteiger partial charge in [0.2, 0.25) is 0 Å². The Hall–Kier alpha value is -1.97. The van der Waals surface area contributed by atoms with E-state index in [-0.39, 0.29) is 18.1 Å². The smallest absolute Gasteiger partial charge is 0.287 e. The van der Waals surface area contributed by atoms with Crippen LogP contribution in [0, 0.1) is 10.1 Å². The van der Waals surface area contributed by atoms with Crippen molar-refractivity contribution in [2.24, 2.45) is 10.8 Å². The SMILES string of the molecule is Cl.NNC(CCC1CCCN1)=NCCNc1ccc([N+](=O)[O-])cn1. The summed E-state index contributed by atoms with van der Waals surface area (Å²) >= 11 is 0. The molecule has 2 rings (SSSR count). The molecule has 1 aliphatic heterocycles. The van der Waals surface area contributed by atoms with Gasteiger partial charge in [-0.3, -0.25) is 15.1 Å². The van der Waals surface area contributed by atoms with E-state index in [4.69, 9.17) is 5.84 Å². The van der Waals surface area contributed by atoms with E-state index in [1.165, 1.54) is 25.1 Å². The molecule has 0 radical (unpaired) electrons. The predicted octanol–water partition coefficient (Wildman–Crippen LogP) is 1.22. The van der Waals surface area contributed by atoms with Crippen LogP contribution in [-0.4, -0.2) is 41.4 Å². The van der Waals surface area contributed by atoms with Crippen molar-refractivity contribution in [1.82, 2.24) is 15.7 Å². The lowest BCUT2D eigenvalue weighted by Crippen LogP contribution is -2.32. The van der Waals surface area contributed by atoms with Gasteiger partial charge in [0.1, 0.15) is 17.9 Å². The molecule has 2 heterocycles. The average molecular weight is 358 g/mol. The Morgan fingerprint density at radius 1 is 1.54 bits per heavy atom. The summed E-state index contributed by atoms with van der Waals surface area (Å²) in [5, 5.41) is 17.1. The second kappa shape index (κ2) is 10.7. The lowest BCUT2D eigenvalue weighted by atomic mass is 10.1. The first-order valence-electron chi connectivity index (χ1n) is 7.76. The van der Waals surface area contributed by atoms with E-state index in [1.807, 2.05) is 0 Å². The molecule has 1 aromatic heterocycles. The summed E-state index contributed by atoms with van der Waals surface area (Å²) in [5.41, 5.74) is 2.62. The number of nitrogens with zero attached hydrogens (tertiary/aromatic N) is 3. The predicted molar refractivity (Wildman–Crippen MR) is 96.5 cm³/mol. The first-order chi connectivity index (χ1) is 11.2. The zero-order chi connectivity index (χ0) is 16.5. The molecule has 1 unspecified atom stereocenters. The highest BCUT2D eigenvalue weighted by atomic mass is 35.5. The van der Waals surface area contributed by atoms with Crippen LogP contribution in [0.2, 0.25) is 0 Å². The minimum atomic E-state index is -0.473. The molecule has 0 aromatic carbocycles. The molecular weight excluding hydrogens is 334 g/mol. The maximum Gasteiger partial charge on any atom is 0.287 e. The number of amidine groups is 1. The monoisotopic (exact) mass is 357 g/mol. The number of hydrazine groups is 1. The molecule has 1 aliphatic rings. The third kappa shape index (κ3) is 6.65. The zero-order valence-electron chi connectivity index (χ0n) is 13.4. The number of halogens is 1. The molecule has 0 aliphatic carbocycles. The number of nitrogens with one attached hydrogen (secondary N) is 3. The first-order valence-corrected chi connectivity index (χ1v) is 7.76. The number of nitro groups is 1. The van der Waals surface area contributed by atoms with Gasteiger partial charge in [-0.2, -0.15) is 0 Å². The van der Waals surface area contributed by atoms with E-state index >= 15 is 0 Å². The lowest BCUT2D eigenvalue weighted by Gasteiger charge is -2.11. The van der Waals surface area contributed by atoms with Gasteiger partial charge < -0.3 is 16.1 Å². The molecule has 1 saturated heterocycles. The van der Waals surface area contributed by atoms with Crippen LogP contribution >= 0.6 is 12.4 Å². The van der Waals surface area contributed by atoms with Crippen LogP contribution in [0.25, 0.3) is 0 Å². The minimum absolute atomic E-state index is 0. The topological polar surface area (TPSA) is 130 Å². The number of anilines is 1. The molecular formula is C14H24ClN7O2. The molecule has 134 valence electrons. The van der Waals surface area contributed by atoms with E-state index < -0.39 is 4.92 Å². The summed E-state index contributed by atoms with van der Waals surface area (Å²) in [7, 11) is 0. The molecule has 0 spiro atoms. The fraction of sp³-hybridized carbons (Fsp3) is 0.571. The molecule has 0 bridgehead atoms. The number of hydrogen-bond acceptors (Lipinski definition) is 7. The van der Waals surface area contributed by atoms with Gasteiger partial charge in [-0.1, -0.05) is 0 Å². The quantitative estimate of drug-likeness (QED) is 0.137. The number of nitrogens with two attached hydrogens (primary N) is 1. The third-order valence-corrected chi connectivity index (χ3v) is 3.74. The average Bonchev–Trinajstić information content (AvgIpc) is 3.08. The molecule has 1 fully saturated rings. The number of aromatic nitrogens is 1. The van der Waals surface area contributed by atoms with Gasteiger partial charge in [0, 0.05) is 25.1 Å². The lowest BCUT2D eigenvalue weighted by molar-refractivity contribution is -0.385. The third-order valence-electron chi connectivity index (χ3n) is 3.74. The van der Waals surface area contributed by atoms with Gasteiger partial charge in [-0.25, -0.2) is 10.8 Å². The maximum atomic E-state index is 10.5. The number of pyridine rings is 1. The van der Waals surface area contributed by atoms with E-state index in [9.17, 15) is 10.1 Å². The first kappa shape index (κ1) is 20.1. The second-order valence-corrected chi connectivity index (χ2v) is 5.39. The van der Waals surface area contributed by atoms with Gasteiger partial charge in [-0.05, 0) is 31.9 Å². The van der Waals surface area contributed by atoms with Gasteiger partial charge >= 0.3 is 0 Å². The van der Waals surface area contributed by atoms with Crippen molar-refractivity contribution in [3.05, 3.63) is 28.4 Å². The van der Waals surface area contributed by atoms with Crippen molar-refractivity contribution in [2.45, 2.75) is 31.7 Å². The van der Waals surface area contributed by atoms with Crippen molar-refractivity contribution < 1.29 is 4.92 Å². The summed E-state index contributed by atoms with van der Waals surface area (Å²) in [6.07, 6.45) is 5.53. The Balaban J connectivity index is 0.00000288. The van der Waals surface area contributed by atoms with Crippen LogP contribution in [0.1, 0.15) is 25.7 Å². The summed E-state index contributed by atoms with van der Waals surface area (Å²) in [4.78, 5) is 18.5. The van der Waals surface area contributed by atoms with Gasteiger partial charge in [0.15, 0.2) is 0 Å². The Morgan fingerprint density at radius 2 is 2.38 bits per heavy atom. The largest absolute Gasteiger partial charge is 0.368 e. The molecule has 1 atom stereocenters. The van der Waals surface area contributed by atoms with Crippen molar-refractivity contribution in [3.8, 4) is 0 Å². The highest BCUT2D eigenvalue weighted by Gasteiger charge is 2.14. The molecule has 0 amide bonds. The van der Waals surface area contributed by atoms with E-state index in [0.717, 1.165) is 25.2 Å². The molecule has 0 saturated carbocycles. The number of rotatable bonds is 8. The standard InChI is InChI=1S/C14H23N7O2.ClH/c15-20-14(5-3-11-2-1-7-16-11)18-9-8-17-13-6-4-12(10-19-13)21(22)23;/h4,6,10-11,16H,1-3,5,7-9,15H2,(H,17,19)(H,18,20);1H. The van der Waals surface area contributed by atoms with Crippen LogP contribution in [-0.2, 0) is 0 Å². The van der Waals surface area contributed by atoms with Crippen molar-refractivity contribution >= 4 is 29.7 Å². The highest BCUT2D eigenvalue weighted by molar-refractivity contribution is 5.85. The molecule has 24 heavy (non-hydrogen) atoms. The van der Waals surface area contributed by atoms with Crippen LogP contribution < -0.4 is 21.9 Å². The minimum Gasteiger partial charge on any atom is -0.368 e. The number of aliphatic imine (C=N–C) groups is 1. The van der Waals surface area contributed by atoms with Gasteiger partial charge in [-0.15, -0.1) is 12.4 Å². The summed E-state index contributed by atoms with van der Waals surface area (Å²) in [6, 6.07) is 3.56. The molecule has 5 N–H and O–H groups in total. The summed E-state index contributed by atoms with van der Waals surface area (Å²) in [5.74, 6) is 6.87. The van der Waals surface area contributed by atoms with Crippen LogP contribution in [0.4, 0.5) is 11.5 Å². The van der Waals surface area contributed by atoms with Crippen LogP contribution in [0.15, 0.2) is 23.3 Å². The Bertz CT molecular complexity index is 532. The second-order valence-electron chi connectivity index (χ2n) is 5.39. The van der Waals surface area contributed by atoms with Crippen LogP contribution in [0.3, 0.4) is 0 Å². The molecule has 9 nitrogen and oxygen atoms in total. The summed E-state index contributed by atoms with van der Waals surface area (Å²) < 4.78 is 0. The maximum absolute atomic E-state index is 10.5. The van der Waals surface area contributed by atoms with Gasteiger partial charge in [0.05, 0.1) is 11.5 Å². The Kier molecular flexibility index (Phi) is 8.98. The fourth-order valence-corrected chi connectivity index (χ4v) is 2.48. The molecule has 1 aromatic rings. The zero-order valence-corrected chi connectivity index (χ0v) is 14.2. The summed E-state index contributed by atoms with van der Waals surface area (Å²) in [6.45, 7) is 2.23. The number of hydrogen-bond donors (Lipinski definition) is 4. The van der Waals surface area contributed by atoms with E-state index in [0.29, 0.717) is 24.9 Å². The van der Waals surface area contributed by atoms with Crippen molar-refractivity contribution in [3.63, 3.8) is 0 Å². The van der Waals surface area contributed by atoms with Crippen LogP contribution in [0.5, 0.6) is 0 Å². The van der Waals surface area contributed by atoms with Gasteiger partial charge in [0.25, 0.3) is 5.69 Å². The Morgan fingerprint density at radius 3 is 2.96 bits per heavy atom. The van der Waals surface area contributed by atoms with Crippen molar-refractivity contribution in [2.75, 3.05) is 25.0 Å².